The van der Waals surface area contributed by atoms with Gasteiger partial charge >= 0.3 is 5.97 Å². The molecule has 200 valence electrons. The van der Waals surface area contributed by atoms with Crippen LogP contribution in [0.25, 0.3) is 6.08 Å². The number of hydrogen-bond acceptors (Lipinski definition) is 7. The second kappa shape index (κ2) is 11.5. The van der Waals surface area contributed by atoms with E-state index in [2.05, 4.69) is 0 Å². The van der Waals surface area contributed by atoms with Gasteiger partial charge in [-0.15, -0.1) is 0 Å². The molecule has 2 heterocycles. The van der Waals surface area contributed by atoms with Gasteiger partial charge in [-0.2, -0.15) is 0 Å². The minimum Gasteiger partial charge on any atom is -0.493 e. The number of hydrogen-bond donors (Lipinski definition) is 0. The molecule has 0 radical (unpaired) electrons. The van der Waals surface area contributed by atoms with Gasteiger partial charge in [0.2, 0.25) is 5.91 Å². The van der Waals surface area contributed by atoms with Crippen molar-refractivity contribution in [2.45, 2.75) is 26.2 Å². The SMILES string of the molecule is CCOc1ccccc1/C=C/C(=O)N1CCC2(CC1)CCN(C(=O)c1cccc([N+](=O)[O-])c1C(=O)OC)C2. The predicted molar refractivity (Wildman–Crippen MR) is 140 cm³/mol. The van der Waals surface area contributed by atoms with Crippen LogP contribution >= 0.6 is 0 Å². The number of esters is 1. The van der Waals surface area contributed by atoms with E-state index in [1.54, 1.807) is 17.1 Å². The number of nitrogens with zero attached hydrogens (tertiary/aromatic N) is 3. The smallest absolute Gasteiger partial charge is 0.345 e. The molecule has 0 unspecified atom stereocenters. The molecule has 1 spiro atoms. The number of ether oxygens (including phenoxy) is 2. The van der Waals surface area contributed by atoms with Gasteiger partial charge in [-0.1, -0.05) is 24.3 Å². The van der Waals surface area contributed by atoms with E-state index < -0.39 is 22.5 Å². The molecule has 10 heteroatoms. The van der Waals surface area contributed by atoms with Crippen LogP contribution < -0.4 is 4.74 Å². The van der Waals surface area contributed by atoms with Gasteiger partial charge in [0, 0.05) is 43.9 Å². The Morgan fingerprint density at radius 2 is 1.71 bits per heavy atom. The van der Waals surface area contributed by atoms with Gasteiger partial charge in [0.1, 0.15) is 11.3 Å². The summed E-state index contributed by atoms with van der Waals surface area (Å²) >= 11 is 0. The maximum Gasteiger partial charge on any atom is 0.345 e. The molecule has 2 aromatic rings. The summed E-state index contributed by atoms with van der Waals surface area (Å²) in [6.45, 7) is 4.54. The average molecular weight is 522 g/mol. The lowest BCUT2D eigenvalue weighted by atomic mass is 9.77. The third kappa shape index (κ3) is 5.53. The van der Waals surface area contributed by atoms with Crippen molar-refractivity contribution in [3.05, 3.63) is 75.3 Å². The van der Waals surface area contributed by atoms with E-state index in [1.165, 1.54) is 18.2 Å². The zero-order valence-corrected chi connectivity index (χ0v) is 21.6. The molecule has 38 heavy (non-hydrogen) atoms. The molecule has 2 saturated heterocycles. The van der Waals surface area contributed by atoms with Crippen LogP contribution in [0.15, 0.2) is 48.5 Å². The minimum atomic E-state index is -0.918. The van der Waals surface area contributed by atoms with Crippen molar-refractivity contribution in [1.29, 1.82) is 0 Å². The lowest BCUT2D eigenvalue weighted by molar-refractivity contribution is -0.385. The van der Waals surface area contributed by atoms with Crippen LogP contribution in [0.3, 0.4) is 0 Å². The monoisotopic (exact) mass is 521 g/mol. The van der Waals surface area contributed by atoms with Crippen LogP contribution in [-0.4, -0.2) is 72.4 Å². The van der Waals surface area contributed by atoms with Gasteiger partial charge in [0.15, 0.2) is 0 Å². The fraction of sp³-hybridized carbons (Fsp3) is 0.393. The van der Waals surface area contributed by atoms with Crippen LogP contribution in [-0.2, 0) is 9.53 Å². The summed E-state index contributed by atoms with van der Waals surface area (Å²) in [5.74, 6) is -0.693. The summed E-state index contributed by atoms with van der Waals surface area (Å²) < 4.78 is 10.3. The molecule has 4 rings (SSSR count). The highest BCUT2D eigenvalue weighted by Gasteiger charge is 2.43. The Hall–Kier alpha value is -4.21. The second-order valence-electron chi connectivity index (χ2n) is 9.55. The molecule has 2 fully saturated rings. The summed E-state index contributed by atoms with van der Waals surface area (Å²) in [5, 5.41) is 11.5. The van der Waals surface area contributed by atoms with Gasteiger partial charge < -0.3 is 19.3 Å². The van der Waals surface area contributed by atoms with Gasteiger partial charge in [-0.05, 0) is 49.8 Å². The molecular formula is C28H31N3O7. The van der Waals surface area contributed by atoms with Crippen molar-refractivity contribution in [2.75, 3.05) is 39.9 Å². The number of amides is 2. The zero-order valence-electron chi connectivity index (χ0n) is 21.6. The third-order valence-electron chi connectivity index (χ3n) is 7.34. The van der Waals surface area contributed by atoms with Crippen LogP contribution in [0.2, 0.25) is 0 Å². The quantitative estimate of drug-likeness (QED) is 0.234. The van der Waals surface area contributed by atoms with Crippen LogP contribution in [0, 0.1) is 15.5 Å². The first-order chi connectivity index (χ1) is 18.3. The molecular weight excluding hydrogens is 490 g/mol. The number of rotatable bonds is 7. The van der Waals surface area contributed by atoms with Gasteiger partial charge in [0.05, 0.1) is 24.2 Å². The van der Waals surface area contributed by atoms with E-state index in [4.69, 9.17) is 9.47 Å². The summed E-state index contributed by atoms with van der Waals surface area (Å²) in [7, 11) is 1.13. The van der Waals surface area contributed by atoms with Crippen molar-refractivity contribution in [3.63, 3.8) is 0 Å². The molecule has 0 aromatic heterocycles. The first-order valence-corrected chi connectivity index (χ1v) is 12.6. The topological polar surface area (TPSA) is 119 Å². The highest BCUT2D eigenvalue weighted by Crippen LogP contribution is 2.41. The minimum absolute atomic E-state index is 0.0341. The Balaban J connectivity index is 1.41. The fourth-order valence-electron chi connectivity index (χ4n) is 5.25. The maximum atomic E-state index is 13.4. The van der Waals surface area contributed by atoms with E-state index in [0.29, 0.717) is 32.8 Å². The maximum absolute atomic E-state index is 13.4. The Morgan fingerprint density at radius 1 is 1.03 bits per heavy atom. The van der Waals surface area contributed by atoms with Crippen LogP contribution in [0.1, 0.15) is 52.5 Å². The number of benzene rings is 2. The average Bonchev–Trinajstić information content (AvgIpc) is 3.34. The standard InChI is InChI=1S/C28H31N3O7/c1-3-38-23-10-5-4-7-20(23)11-12-24(32)29-16-13-28(14-17-29)15-18-30(19-28)26(33)21-8-6-9-22(31(35)36)25(21)27(34)37-2/h4-12H,3,13-19H2,1-2H3/b12-11+. The lowest BCUT2D eigenvalue weighted by Crippen LogP contribution is -2.44. The molecule has 0 N–H and O–H groups in total. The van der Waals surface area contributed by atoms with Crippen molar-refractivity contribution in [3.8, 4) is 5.75 Å². The Kier molecular flexibility index (Phi) is 8.09. The molecule has 0 bridgehead atoms. The lowest BCUT2D eigenvalue weighted by Gasteiger charge is -2.39. The molecule has 2 aliphatic rings. The van der Waals surface area contributed by atoms with Crippen molar-refractivity contribution in [2.24, 2.45) is 5.41 Å². The van der Waals surface area contributed by atoms with E-state index in [9.17, 15) is 24.5 Å². The van der Waals surface area contributed by atoms with Crippen LogP contribution in [0.4, 0.5) is 5.69 Å². The first-order valence-electron chi connectivity index (χ1n) is 12.6. The van der Waals surface area contributed by atoms with E-state index >= 15 is 0 Å². The number of nitro groups is 1. The molecule has 2 aromatic carbocycles. The number of carbonyl (C=O) groups is 3. The predicted octanol–water partition coefficient (Wildman–Crippen LogP) is 3.95. The summed E-state index contributed by atoms with van der Waals surface area (Å²) in [4.78, 5) is 52.8. The number of likely N-dealkylation sites (tertiary alicyclic amines) is 2. The zero-order chi connectivity index (χ0) is 27.3. The normalized spacial score (nSPS) is 16.6. The van der Waals surface area contributed by atoms with Crippen LogP contribution in [0.5, 0.6) is 5.75 Å². The summed E-state index contributed by atoms with van der Waals surface area (Å²) in [5.41, 5.74) is -0.115. The third-order valence-corrected chi connectivity index (χ3v) is 7.34. The first kappa shape index (κ1) is 26.8. The summed E-state index contributed by atoms with van der Waals surface area (Å²) in [6.07, 6.45) is 5.58. The Labute approximate surface area is 221 Å². The number of nitro benzene ring substituents is 1. The van der Waals surface area contributed by atoms with E-state index in [0.717, 1.165) is 37.7 Å². The molecule has 2 aliphatic heterocycles. The van der Waals surface area contributed by atoms with Crippen molar-refractivity contribution >= 4 is 29.5 Å². The van der Waals surface area contributed by atoms with E-state index in [-0.39, 0.29) is 22.4 Å². The highest BCUT2D eigenvalue weighted by atomic mass is 16.6. The highest BCUT2D eigenvalue weighted by molar-refractivity contribution is 6.08. The number of piperidine rings is 1. The number of para-hydroxylation sites is 1. The fourth-order valence-corrected chi connectivity index (χ4v) is 5.25. The molecule has 0 atom stereocenters. The largest absolute Gasteiger partial charge is 0.493 e. The second-order valence-corrected chi connectivity index (χ2v) is 9.55. The molecule has 0 aliphatic carbocycles. The summed E-state index contributed by atoms with van der Waals surface area (Å²) in [6, 6.07) is 11.6. The molecule has 0 saturated carbocycles. The molecule has 2 amide bonds. The van der Waals surface area contributed by atoms with Crippen molar-refractivity contribution < 1.29 is 28.8 Å². The number of methoxy groups -OCH3 is 1. The molecule has 10 nitrogen and oxygen atoms in total. The van der Waals surface area contributed by atoms with Gasteiger partial charge in [-0.25, -0.2) is 4.79 Å². The van der Waals surface area contributed by atoms with E-state index in [1.807, 2.05) is 36.1 Å². The van der Waals surface area contributed by atoms with Gasteiger partial charge in [0.25, 0.3) is 11.6 Å². The number of carbonyl (C=O) groups excluding carboxylic acids is 3. The van der Waals surface area contributed by atoms with Crippen molar-refractivity contribution in [1.82, 2.24) is 9.80 Å². The van der Waals surface area contributed by atoms with Gasteiger partial charge in [-0.3, -0.25) is 19.7 Å². The Bertz CT molecular complexity index is 1260. The Morgan fingerprint density at radius 3 is 2.37 bits per heavy atom.